The molecule has 0 fully saturated rings. The number of amides is 1. The lowest BCUT2D eigenvalue weighted by Gasteiger charge is -2.00. The number of hydrogen-bond acceptors (Lipinski definition) is 3. The molecule has 0 aliphatic carbocycles. The third kappa shape index (κ3) is 2.16. The van der Waals surface area contributed by atoms with E-state index in [2.05, 4.69) is 20.3 Å². The molecule has 2 heterocycles. The molecule has 2 aromatic heterocycles. The number of nitrogens with one attached hydrogen (secondary N) is 2. The molecule has 0 saturated heterocycles. The van der Waals surface area contributed by atoms with E-state index in [1.165, 1.54) is 24.4 Å². The number of rotatable bonds is 2. The van der Waals surface area contributed by atoms with Crippen molar-refractivity contribution in [1.82, 2.24) is 15.0 Å². The first-order chi connectivity index (χ1) is 7.25. The van der Waals surface area contributed by atoms with Crippen molar-refractivity contribution in [1.29, 1.82) is 0 Å². The van der Waals surface area contributed by atoms with Crippen LogP contribution < -0.4 is 5.32 Å². The number of pyridine rings is 1. The third-order valence-electron chi connectivity index (χ3n) is 1.68. The Labute approximate surface area is 84.4 Å². The number of carbonyl (C=O) groups excluding carboxylic acids is 1. The lowest BCUT2D eigenvalue weighted by Crippen LogP contribution is -2.14. The lowest BCUT2D eigenvalue weighted by molar-refractivity contribution is 0.102. The quantitative estimate of drug-likeness (QED) is 0.725. The van der Waals surface area contributed by atoms with Gasteiger partial charge >= 0.3 is 0 Å². The smallest absolute Gasteiger partial charge is 0.276 e. The first-order valence-corrected chi connectivity index (χ1v) is 4.19. The normalized spacial score (nSPS) is 9.93. The minimum atomic E-state index is -0.693. The molecule has 0 saturated carbocycles. The maximum Gasteiger partial charge on any atom is 0.276 e. The highest BCUT2D eigenvalue weighted by Crippen LogP contribution is 2.02. The summed E-state index contributed by atoms with van der Waals surface area (Å²) in [4.78, 5) is 21.4. The van der Waals surface area contributed by atoms with E-state index in [0.717, 1.165) is 0 Å². The molecule has 2 rings (SSSR count). The highest BCUT2D eigenvalue weighted by molar-refractivity contribution is 6.01. The fourth-order valence-electron chi connectivity index (χ4n) is 1.04. The molecule has 2 N–H and O–H groups in total. The Hall–Kier alpha value is -2.24. The van der Waals surface area contributed by atoms with Gasteiger partial charge in [-0.25, -0.2) is 9.97 Å². The van der Waals surface area contributed by atoms with Crippen LogP contribution in [0.1, 0.15) is 10.5 Å². The van der Waals surface area contributed by atoms with Gasteiger partial charge in [-0.15, -0.1) is 0 Å². The Kier molecular flexibility index (Phi) is 2.40. The second-order valence-electron chi connectivity index (χ2n) is 2.74. The van der Waals surface area contributed by atoms with E-state index < -0.39 is 11.9 Å². The number of imidazole rings is 1. The molecule has 0 aliphatic rings. The summed E-state index contributed by atoms with van der Waals surface area (Å²) in [5.74, 6) is -0.905. The summed E-state index contributed by atoms with van der Waals surface area (Å²) in [6.07, 6.45) is 3.06. The van der Waals surface area contributed by atoms with Crippen LogP contribution in [0.15, 0.2) is 30.6 Å². The van der Waals surface area contributed by atoms with Crippen LogP contribution in [0.5, 0.6) is 0 Å². The molecule has 0 aromatic carbocycles. The number of halogens is 1. The zero-order valence-electron chi connectivity index (χ0n) is 7.57. The van der Waals surface area contributed by atoms with Gasteiger partial charge in [0.05, 0.1) is 0 Å². The van der Waals surface area contributed by atoms with Crippen LogP contribution >= 0.6 is 0 Å². The second-order valence-corrected chi connectivity index (χ2v) is 2.74. The average Bonchev–Trinajstić information content (AvgIpc) is 2.70. The van der Waals surface area contributed by atoms with Crippen molar-refractivity contribution in [3.63, 3.8) is 0 Å². The number of H-pyrrole nitrogens is 1. The zero-order valence-corrected chi connectivity index (χ0v) is 7.57. The number of anilines is 1. The fraction of sp³-hybridized carbons (Fsp3) is 0. The van der Waals surface area contributed by atoms with Crippen LogP contribution in [0.4, 0.5) is 10.3 Å². The highest BCUT2D eigenvalue weighted by Gasteiger charge is 2.08. The molecule has 0 radical (unpaired) electrons. The van der Waals surface area contributed by atoms with Gasteiger partial charge in [0.25, 0.3) is 5.91 Å². The first kappa shape index (κ1) is 9.32. The van der Waals surface area contributed by atoms with Gasteiger partial charge < -0.3 is 4.98 Å². The molecule has 0 aliphatic heterocycles. The summed E-state index contributed by atoms with van der Waals surface area (Å²) in [7, 11) is 0. The Morgan fingerprint density at radius 2 is 2.33 bits per heavy atom. The van der Waals surface area contributed by atoms with Crippen molar-refractivity contribution in [3.05, 3.63) is 42.2 Å². The third-order valence-corrected chi connectivity index (χ3v) is 1.68. The van der Waals surface area contributed by atoms with Gasteiger partial charge in [0.15, 0.2) is 0 Å². The van der Waals surface area contributed by atoms with Gasteiger partial charge in [-0.2, -0.15) is 4.39 Å². The molecule has 15 heavy (non-hydrogen) atoms. The highest BCUT2D eigenvalue weighted by atomic mass is 19.1. The van der Waals surface area contributed by atoms with Gasteiger partial charge in [0.1, 0.15) is 5.69 Å². The van der Waals surface area contributed by atoms with Crippen LogP contribution in [0, 0.1) is 5.95 Å². The summed E-state index contributed by atoms with van der Waals surface area (Å²) < 4.78 is 12.7. The number of aromatic amines is 1. The van der Waals surface area contributed by atoms with E-state index in [4.69, 9.17) is 0 Å². The Bertz CT molecular complexity index is 469. The molecule has 0 atom stereocenters. The molecule has 2 aromatic rings. The minimum absolute atomic E-state index is 0.00593. The van der Waals surface area contributed by atoms with Crippen LogP contribution in [0.25, 0.3) is 0 Å². The second kappa shape index (κ2) is 3.87. The maximum atomic E-state index is 12.7. The summed E-state index contributed by atoms with van der Waals surface area (Å²) in [5.41, 5.74) is 0.00593. The van der Waals surface area contributed by atoms with Crippen molar-refractivity contribution in [2.45, 2.75) is 0 Å². The summed E-state index contributed by atoms with van der Waals surface area (Å²) in [5, 5.41) is 2.43. The monoisotopic (exact) mass is 206 g/mol. The zero-order chi connectivity index (χ0) is 10.7. The Balaban J connectivity index is 2.15. The van der Waals surface area contributed by atoms with Crippen molar-refractivity contribution in [2.75, 3.05) is 5.32 Å². The predicted molar refractivity (Wildman–Crippen MR) is 50.7 cm³/mol. The first-order valence-electron chi connectivity index (χ1n) is 4.19. The molecule has 76 valence electrons. The Morgan fingerprint density at radius 1 is 1.47 bits per heavy atom. The molecule has 1 amide bonds. The molecular weight excluding hydrogens is 199 g/mol. The molecular formula is C9H7FN4O. The van der Waals surface area contributed by atoms with E-state index in [-0.39, 0.29) is 5.69 Å². The molecule has 0 unspecified atom stereocenters. The number of aromatic nitrogens is 3. The van der Waals surface area contributed by atoms with E-state index in [9.17, 15) is 9.18 Å². The standard InChI is InChI=1S/C9H7FN4O/c10-7-3-1-2-6(13-7)8(15)14-9-11-4-5-12-9/h1-5H,(H2,11,12,14,15). The van der Waals surface area contributed by atoms with Crippen LogP contribution in [0.2, 0.25) is 0 Å². The van der Waals surface area contributed by atoms with Crippen LogP contribution in [0.3, 0.4) is 0 Å². The molecule has 5 nitrogen and oxygen atoms in total. The molecule has 0 bridgehead atoms. The molecule has 6 heteroatoms. The predicted octanol–water partition coefficient (Wildman–Crippen LogP) is 1.20. The molecule has 0 spiro atoms. The van der Waals surface area contributed by atoms with Gasteiger partial charge in [-0.3, -0.25) is 10.1 Å². The van der Waals surface area contributed by atoms with Crippen molar-refractivity contribution in [2.24, 2.45) is 0 Å². The number of nitrogens with zero attached hydrogens (tertiary/aromatic N) is 2. The van der Waals surface area contributed by atoms with Crippen LogP contribution in [-0.4, -0.2) is 20.9 Å². The number of carbonyl (C=O) groups is 1. The van der Waals surface area contributed by atoms with Crippen molar-refractivity contribution >= 4 is 11.9 Å². The summed E-state index contributed by atoms with van der Waals surface area (Å²) >= 11 is 0. The summed E-state index contributed by atoms with van der Waals surface area (Å²) in [6.45, 7) is 0. The maximum absolute atomic E-state index is 12.7. The number of hydrogen-bond donors (Lipinski definition) is 2. The fourth-order valence-corrected chi connectivity index (χ4v) is 1.04. The lowest BCUT2D eigenvalue weighted by atomic mass is 10.3. The van der Waals surface area contributed by atoms with Gasteiger partial charge in [0, 0.05) is 12.4 Å². The van der Waals surface area contributed by atoms with E-state index >= 15 is 0 Å². The van der Waals surface area contributed by atoms with E-state index in [0.29, 0.717) is 5.95 Å². The summed E-state index contributed by atoms with van der Waals surface area (Å²) in [6, 6.07) is 4.00. The largest absolute Gasteiger partial charge is 0.331 e. The topological polar surface area (TPSA) is 70.7 Å². The SMILES string of the molecule is O=C(Nc1ncc[nH]1)c1cccc(F)n1. The van der Waals surface area contributed by atoms with Crippen molar-refractivity contribution in [3.8, 4) is 0 Å². The van der Waals surface area contributed by atoms with E-state index in [1.54, 1.807) is 6.20 Å². The van der Waals surface area contributed by atoms with E-state index in [1.807, 2.05) is 0 Å². The van der Waals surface area contributed by atoms with Gasteiger partial charge in [-0.1, -0.05) is 6.07 Å². The van der Waals surface area contributed by atoms with Gasteiger partial charge in [0.2, 0.25) is 11.9 Å². The van der Waals surface area contributed by atoms with Gasteiger partial charge in [-0.05, 0) is 12.1 Å². The van der Waals surface area contributed by atoms with Crippen LogP contribution in [-0.2, 0) is 0 Å². The Morgan fingerprint density at radius 3 is 3.00 bits per heavy atom. The average molecular weight is 206 g/mol. The minimum Gasteiger partial charge on any atom is -0.331 e. The van der Waals surface area contributed by atoms with Crippen molar-refractivity contribution < 1.29 is 9.18 Å².